The van der Waals surface area contributed by atoms with Crippen LogP contribution in [0.25, 0.3) is 11.3 Å². The molecular weight excluding hydrogens is 390 g/mol. The first kappa shape index (κ1) is 20.5. The van der Waals surface area contributed by atoms with Crippen LogP contribution in [0.15, 0.2) is 60.9 Å². The second-order valence-corrected chi connectivity index (χ2v) is 7.57. The molecule has 0 aliphatic carbocycles. The molecule has 0 atom stereocenters. The predicted octanol–water partition coefficient (Wildman–Crippen LogP) is 4.98. The highest BCUT2D eigenvalue weighted by molar-refractivity contribution is 6.01. The topological polar surface area (TPSA) is 87.2 Å². The summed E-state index contributed by atoms with van der Waals surface area (Å²) in [5.41, 5.74) is 3.45. The molecule has 2 heterocycles. The molecule has 158 valence electrons. The van der Waals surface area contributed by atoms with Crippen LogP contribution in [0.2, 0.25) is 0 Å². The van der Waals surface area contributed by atoms with Gasteiger partial charge in [0.05, 0.1) is 0 Å². The Hall–Kier alpha value is -3.74. The smallest absolute Gasteiger partial charge is 0.323 e. The largest absolute Gasteiger partial charge is 0.355 e. The second kappa shape index (κ2) is 9.38. The number of carbonyl (C=O) groups is 2. The number of rotatable bonds is 5. The lowest BCUT2D eigenvalue weighted by Gasteiger charge is -2.28. The Morgan fingerprint density at radius 2 is 1.55 bits per heavy atom. The number of nitrogens with one attached hydrogen (secondary N) is 2. The Kier molecular flexibility index (Phi) is 6.21. The standard InChI is InChI=1S/C24H25N5O2/c1-17(30)18-7-5-9-20(15-18)27-24(31)28-21-10-6-8-19(16-21)22-23(26-12-11-25-22)29-13-3-2-4-14-29/h5-12,15-16H,2-4,13-14H2,1H3,(H2,27,28,31). The van der Waals surface area contributed by atoms with Crippen LogP contribution in [0.5, 0.6) is 0 Å². The molecule has 2 aromatic carbocycles. The van der Waals surface area contributed by atoms with Crippen molar-refractivity contribution in [3.05, 3.63) is 66.5 Å². The molecule has 1 saturated heterocycles. The van der Waals surface area contributed by atoms with E-state index in [9.17, 15) is 9.59 Å². The summed E-state index contributed by atoms with van der Waals surface area (Å²) in [7, 11) is 0. The molecule has 1 aliphatic heterocycles. The lowest BCUT2D eigenvalue weighted by Crippen LogP contribution is -2.30. The molecule has 7 heteroatoms. The summed E-state index contributed by atoms with van der Waals surface area (Å²) < 4.78 is 0. The number of ketones is 1. The van der Waals surface area contributed by atoms with Gasteiger partial charge in [0.15, 0.2) is 11.6 Å². The van der Waals surface area contributed by atoms with Crippen molar-refractivity contribution >= 4 is 29.0 Å². The van der Waals surface area contributed by atoms with Crippen LogP contribution in [0.4, 0.5) is 22.0 Å². The molecule has 0 bridgehead atoms. The van der Waals surface area contributed by atoms with E-state index in [4.69, 9.17) is 0 Å². The van der Waals surface area contributed by atoms with E-state index in [0.29, 0.717) is 16.9 Å². The van der Waals surface area contributed by atoms with Gasteiger partial charge in [-0.3, -0.25) is 9.78 Å². The van der Waals surface area contributed by atoms with E-state index in [-0.39, 0.29) is 11.8 Å². The number of anilines is 3. The zero-order chi connectivity index (χ0) is 21.6. The summed E-state index contributed by atoms with van der Waals surface area (Å²) in [6, 6.07) is 14.0. The highest BCUT2D eigenvalue weighted by Crippen LogP contribution is 2.30. The first-order chi connectivity index (χ1) is 15.1. The number of hydrogen-bond acceptors (Lipinski definition) is 5. The summed E-state index contributed by atoms with van der Waals surface area (Å²) >= 11 is 0. The van der Waals surface area contributed by atoms with Gasteiger partial charge in [-0.1, -0.05) is 24.3 Å². The van der Waals surface area contributed by atoms with E-state index >= 15 is 0 Å². The van der Waals surface area contributed by atoms with Crippen molar-refractivity contribution in [3.8, 4) is 11.3 Å². The molecule has 1 aliphatic rings. The molecule has 7 nitrogen and oxygen atoms in total. The number of benzene rings is 2. The number of amides is 2. The molecule has 1 aromatic heterocycles. The highest BCUT2D eigenvalue weighted by Gasteiger charge is 2.18. The third kappa shape index (κ3) is 5.06. The van der Waals surface area contributed by atoms with Gasteiger partial charge in [0, 0.05) is 48.0 Å². The highest BCUT2D eigenvalue weighted by atomic mass is 16.2. The van der Waals surface area contributed by atoms with E-state index in [0.717, 1.165) is 43.0 Å². The molecule has 0 radical (unpaired) electrons. The van der Waals surface area contributed by atoms with Crippen LogP contribution in [0.3, 0.4) is 0 Å². The Balaban J connectivity index is 1.51. The van der Waals surface area contributed by atoms with Crippen LogP contribution >= 0.6 is 0 Å². The Bertz CT molecular complexity index is 1090. The third-order valence-electron chi connectivity index (χ3n) is 5.26. The van der Waals surface area contributed by atoms with Gasteiger partial charge in [0.2, 0.25) is 0 Å². The summed E-state index contributed by atoms with van der Waals surface area (Å²) in [5, 5.41) is 5.62. The number of carbonyl (C=O) groups excluding carboxylic acids is 2. The van der Waals surface area contributed by atoms with Gasteiger partial charge in [0.1, 0.15) is 5.69 Å². The van der Waals surface area contributed by atoms with E-state index in [1.807, 2.05) is 24.3 Å². The monoisotopic (exact) mass is 415 g/mol. The van der Waals surface area contributed by atoms with Crippen LogP contribution in [0, 0.1) is 0 Å². The van der Waals surface area contributed by atoms with E-state index in [2.05, 4.69) is 25.5 Å². The number of aromatic nitrogens is 2. The van der Waals surface area contributed by atoms with Gasteiger partial charge in [-0.15, -0.1) is 0 Å². The SMILES string of the molecule is CC(=O)c1cccc(NC(=O)Nc2cccc(-c3nccnc3N3CCCCC3)c2)c1. The molecule has 2 amide bonds. The maximum Gasteiger partial charge on any atom is 0.323 e. The normalized spacial score (nSPS) is 13.5. The van der Waals surface area contributed by atoms with Crippen molar-refractivity contribution in [1.29, 1.82) is 0 Å². The molecule has 0 saturated carbocycles. The number of nitrogens with zero attached hydrogens (tertiary/aromatic N) is 3. The molecular formula is C24H25N5O2. The Labute approximate surface area is 181 Å². The van der Waals surface area contributed by atoms with E-state index < -0.39 is 0 Å². The minimum atomic E-state index is -0.381. The molecule has 1 fully saturated rings. The maximum absolute atomic E-state index is 12.5. The molecule has 31 heavy (non-hydrogen) atoms. The molecule has 2 N–H and O–H groups in total. The molecule has 0 unspecified atom stereocenters. The summed E-state index contributed by atoms with van der Waals surface area (Å²) in [5.74, 6) is 0.829. The maximum atomic E-state index is 12.5. The summed E-state index contributed by atoms with van der Waals surface area (Å²) in [6.07, 6.45) is 6.97. The van der Waals surface area contributed by atoms with Crippen molar-refractivity contribution in [2.45, 2.75) is 26.2 Å². The fourth-order valence-corrected chi connectivity index (χ4v) is 3.73. The van der Waals surface area contributed by atoms with Crippen molar-refractivity contribution in [3.63, 3.8) is 0 Å². The lowest BCUT2D eigenvalue weighted by atomic mass is 10.1. The molecule has 0 spiro atoms. The fourth-order valence-electron chi connectivity index (χ4n) is 3.73. The first-order valence-corrected chi connectivity index (χ1v) is 10.5. The van der Waals surface area contributed by atoms with Gasteiger partial charge in [0.25, 0.3) is 0 Å². The quantitative estimate of drug-likeness (QED) is 0.574. The van der Waals surface area contributed by atoms with Gasteiger partial charge in [-0.2, -0.15) is 0 Å². The van der Waals surface area contributed by atoms with E-state index in [1.54, 1.807) is 36.7 Å². The average Bonchev–Trinajstić information content (AvgIpc) is 2.80. The van der Waals surface area contributed by atoms with E-state index in [1.165, 1.54) is 13.3 Å². The molecule has 3 aromatic rings. The predicted molar refractivity (Wildman–Crippen MR) is 123 cm³/mol. The Morgan fingerprint density at radius 3 is 2.29 bits per heavy atom. The lowest BCUT2D eigenvalue weighted by molar-refractivity contribution is 0.101. The minimum absolute atomic E-state index is 0.0507. The average molecular weight is 415 g/mol. The third-order valence-corrected chi connectivity index (χ3v) is 5.26. The van der Waals surface area contributed by atoms with Crippen LogP contribution in [0.1, 0.15) is 36.5 Å². The van der Waals surface area contributed by atoms with Crippen molar-refractivity contribution in [2.24, 2.45) is 0 Å². The first-order valence-electron chi connectivity index (χ1n) is 10.5. The Morgan fingerprint density at radius 1 is 0.871 bits per heavy atom. The summed E-state index contributed by atoms with van der Waals surface area (Å²) in [6.45, 7) is 3.45. The van der Waals surface area contributed by atoms with Crippen LogP contribution in [-0.2, 0) is 0 Å². The van der Waals surface area contributed by atoms with Crippen molar-refractivity contribution in [1.82, 2.24) is 9.97 Å². The van der Waals surface area contributed by atoms with Gasteiger partial charge >= 0.3 is 6.03 Å². The number of Topliss-reactive ketones (excluding diaryl/α,β-unsaturated/α-hetero) is 1. The minimum Gasteiger partial charge on any atom is -0.355 e. The van der Waals surface area contributed by atoms with Crippen molar-refractivity contribution < 1.29 is 9.59 Å². The number of hydrogen-bond donors (Lipinski definition) is 2. The second-order valence-electron chi connectivity index (χ2n) is 7.57. The van der Waals surface area contributed by atoms with Gasteiger partial charge < -0.3 is 15.5 Å². The van der Waals surface area contributed by atoms with Gasteiger partial charge in [-0.05, 0) is 50.5 Å². The zero-order valence-electron chi connectivity index (χ0n) is 17.5. The van der Waals surface area contributed by atoms with Crippen LogP contribution in [-0.4, -0.2) is 34.9 Å². The van der Waals surface area contributed by atoms with Gasteiger partial charge in [-0.25, -0.2) is 9.78 Å². The molecule has 4 rings (SSSR count). The fraction of sp³-hybridized carbons (Fsp3) is 0.250. The number of piperidine rings is 1. The van der Waals surface area contributed by atoms with Crippen molar-refractivity contribution in [2.75, 3.05) is 28.6 Å². The van der Waals surface area contributed by atoms with Crippen LogP contribution < -0.4 is 15.5 Å². The number of urea groups is 1. The summed E-state index contributed by atoms with van der Waals surface area (Å²) in [4.78, 5) is 35.5. The zero-order valence-corrected chi connectivity index (χ0v) is 17.5.